The lowest BCUT2D eigenvalue weighted by molar-refractivity contribution is 0.112. The first-order valence-electron chi connectivity index (χ1n) is 14.8. The summed E-state index contributed by atoms with van der Waals surface area (Å²) in [4.78, 5) is 20.5. The van der Waals surface area contributed by atoms with Crippen LogP contribution in [-0.4, -0.2) is 58.9 Å². The molecule has 0 bridgehead atoms. The Morgan fingerprint density at radius 2 is 1.61 bits per heavy atom. The molecule has 5 rings (SSSR count). The van der Waals surface area contributed by atoms with Crippen LogP contribution in [0.25, 0.3) is 16.7 Å². The lowest BCUT2D eigenvalue weighted by Gasteiger charge is -2.26. The van der Waals surface area contributed by atoms with Gasteiger partial charge in [0.05, 0.1) is 24.7 Å². The fraction of sp³-hybridized carbons (Fsp3) is 0.429. The molecular weight excluding hydrogens is 508 g/mol. The van der Waals surface area contributed by atoms with Gasteiger partial charge in [0, 0.05) is 23.8 Å². The van der Waals surface area contributed by atoms with Crippen molar-refractivity contribution in [1.82, 2.24) is 19.4 Å². The zero-order valence-corrected chi connectivity index (χ0v) is 25.9. The molecule has 1 aromatic heterocycles. The number of fused-ring (bicyclic) bond motifs is 1. The van der Waals surface area contributed by atoms with Crippen molar-refractivity contribution in [3.05, 3.63) is 88.2 Å². The van der Waals surface area contributed by atoms with Crippen LogP contribution >= 0.6 is 0 Å². The van der Waals surface area contributed by atoms with E-state index in [1.807, 2.05) is 45.0 Å². The van der Waals surface area contributed by atoms with E-state index >= 15 is 0 Å². The van der Waals surface area contributed by atoms with Crippen LogP contribution in [0.5, 0.6) is 5.75 Å². The van der Waals surface area contributed by atoms with Gasteiger partial charge in [0.15, 0.2) is 6.29 Å². The highest BCUT2D eigenvalue weighted by atomic mass is 16.5. The number of hydrogen-bond donors (Lipinski definition) is 0. The van der Waals surface area contributed by atoms with E-state index in [0.29, 0.717) is 6.04 Å². The molecule has 1 aliphatic heterocycles. The molecule has 0 atom stereocenters. The van der Waals surface area contributed by atoms with Crippen molar-refractivity contribution in [3.8, 4) is 11.4 Å². The van der Waals surface area contributed by atoms with Crippen LogP contribution in [0.3, 0.4) is 0 Å². The Bertz CT molecular complexity index is 1430. The maximum atomic E-state index is 10.6. The number of hydrogen-bond acceptors (Lipinski definition) is 5. The summed E-state index contributed by atoms with van der Waals surface area (Å²) in [7, 11) is 3.86. The highest BCUT2D eigenvalue weighted by Crippen LogP contribution is 2.26. The van der Waals surface area contributed by atoms with Gasteiger partial charge in [-0.15, -0.1) is 0 Å². The minimum atomic E-state index is 0.462. The van der Waals surface area contributed by atoms with Crippen molar-refractivity contribution < 1.29 is 9.53 Å². The van der Waals surface area contributed by atoms with Crippen LogP contribution in [0, 0.1) is 20.8 Å². The molecule has 0 amide bonds. The van der Waals surface area contributed by atoms with E-state index in [2.05, 4.69) is 65.6 Å². The lowest BCUT2D eigenvalue weighted by Crippen LogP contribution is -2.29. The normalized spacial score (nSPS) is 13.9. The first-order valence-corrected chi connectivity index (χ1v) is 14.8. The summed E-state index contributed by atoms with van der Waals surface area (Å²) in [6.45, 7) is 14.6. The van der Waals surface area contributed by atoms with Gasteiger partial charge in [-0.3, -0.25) is 19.2 Å². The number of carbonyl (C=O) groups excluding carboxylic acids is 1. The van der Waals surface area contributed by atoms with Gasteiger partial charge in [0.1, 0.15) is 11.6 Å². The number of methoxy groups -OCH3 is 1. The third-order valence-corrected chi connectivity index (χ3v) is 8.10. The van der Waals surface area contributed by atoms with Crippen molar-refractivity contribution in [2.75, 3.05) is 27.2 Å². The van der Waals surface area contributed by atoms with Crippen LogP contribution in [0.4, 0.5) is 0 Å². The van der Waals surface area contributed by atoms with Crippen molar-refractivity contribution in [2.24, 2.45) is 0 Å². The fourth-order valence-electron chi connectivity index (χ4n) is 5.56. The van der Waals surface area contributed by atoms with Crippen molar-refractivity contribution in [3.63, 3.8) is 0 Å². The molecule has 218 valence electrons. The molecule has 1 aliphatic rings. The number of rotatable bonds is 8. The average Bonchev–Trinajstić information content (AvgIpc) is 3.30. The Morgan fingerprint density at radius 3 is 2.20 bits per heavy atom. The van der Waals surface area contributed by atoms with Gasteiger partial charge < -0.3 is 4.74 Å². The van der Waals surface area contributed by atoms with Crippen molar-refractivity contribution >= 4 is 17.3 Å². The molecular formula is C35H46N4O2. The number of carbonyl (C=O) groups is 1. The van der Waals surface area contributed by atoms with Crippen LogP contribution in [0.1, 0.15) is 71.5 Å². The quantitative estimate of drug-likeness (QED) is 0.214. The van der Waals surface area contributed by atoms with Gasteiger partial charge >= 0.3 is 0 Å². The smallest absolute Gasteiger partial charge is 0.150 e. The fourth-order valence-corrected chi connectivity index (χ4v) is 5.56. The number of nitrogens with zero attached hydrogens (tertiary/aromatic N) is 4. The van der Waals surface area contributed by atoms with Gasteiger partial charge in [-0.25, -0.2) is 4.98 Å². The third kappa shape index (κ3) is 7.63. The Balaban J connectivity index is 0.000000296. The summed E-state index contributed by atoms with van der Waals surface area (Å²) >= 11 is 0. The summed E-state index contributed by atoms with van der Waals surface area (Å²) in [6.07, 6.45) is 4.93. The SMILES string of the molecule is COc1ccc(-n2c(CN(C)C(C)C)nc3cc(CN4CCCCC4)ccc32)cc1.Cc1cc(C)c(C=O)c(C)c1. The Morgan fingerprint density at radius 1 is 0.951 bits per heavy atom. The molecule has 0 saturated carbocycles. The molecule has 6 heteroatoms. The standard InChI is InChI=1S/C25H34N4O.C10H12O/c1-19(2)27(3)18-25-26-23-16-20(17-28-14-6-5-7-15-28)8-13-24(23)29(25)21-9-11-22(30-4)12-10-21;1-7-4-8(2)10(6-11)9(3)5-7/h8-13,16,19H,5-7,14-15,17-18H2,1-4H3;4-6H,1-3H3. The first kappa shape index (κ1) is 30.5. The van der Waals surface area contributed by atoms with E-state index in [9.17, 15) is 4.79 Å². The molecule has 4 aromatic rings. The molecule has 0 aliphatic carbocycles. The van der Waals surface area contributed by atoms with Gasteiger partial charge in [0.25, 0.3) is 0 Å². The largest absolute Gasteiger partial charge is 0.497 e. The number of imidazole rings is 1. The maximum absolute atomic E-state index is 10.6. The van der Waals surface area contributed by atoms with Crippen LogP contribution in [0.2, 0.25) is 0 Å². The summed E-state index contributed by atoms with van der Waals surface area (Å²) in [5.41, 5.74) is 8.89. The molecule has 0 radical (unpaired) electrons. The summed E-state index contributed by atoms with van der Waals surface area (Å²) in [6, 6.07) is 19.6. The van der Waals surface area contributed by atoms with Crippen LogP contribution in [-0.2, 0) is 13.1 Å². The number of likely N-dealkylation sites (tertiary alicyclic amines) is 1. The molecule has 2 heterocycles. The second-order valence-corrected chi connectivity index (χ2v) is 11.7. The zero-order chi connectivity index (χ0) is 29.5. The van der Waals surface area contributed by atoms with Crippen LogP contribution < -0.4 is 4.74 Å². The van der Waals surface area contributed by atoms with E-state index in [1.165, 1.54) is 43.5 Å². The highest BCUT2D eigenvalue weighted by Gasteiger charge is 2.17. The molecule has 0 spiro atoms. The predicted octanol–water partition coefficient (Wildman–Crippen LogP) is 7.28. The van der Waals surface area contributed by atoms with E-state index in [-0.39, 0.29) is 0 Å². The Labute approximate surface area is 245 Å². The van der Waals surface area contributed by atoms with Crippen LogP contribution in [0.15, 0.2) is 54.6 Å². The minimum Gasteiger partial charge on any atom is -0.497 e. The molecule has 0 unspecified atom stereocenters. The van der Waals surface area contributed by atoms with Gasteiger partial charge in [0.2, 0.25) is 0 Å². The highest BCUT2D eigenvalue weighted by molar-refractivity contribution is 5.80. The van der Waals surface area contributed by atoms with E-state index in [1.54, 1.807) is 7.11 Å². The second kappa shape index (κ2) is 13.9. The number of piperidine rings is 1. The molecule has 41 heavy (non-hydrogen) atoms. The number of aromatic nitrogens is 2. The maximum Gasteiger partial charge on any atom is 0.150 e. The number of aldehydes is 1. The summed E-state index contributed by atoms with van der Waals surface area (Å²) in [5.74, 6) is 1.94. The van der Waals surface area contributed by atoms with E-state index in [4.69, 9.17) is 9.72 Å². The number of aryl methyl sites for hydroxylation is 3. The van der Waals surface area contributed by atoms with E-state index in [0.717, 1.165) is 64.4 Å². The molecule has 1 saturated heterocycles. The van der Waals surface area contributed by atoms with Gasteiger partial charge in [-0.05, 0) is 121 Å². The average molecular weight is 555 g/mol. The Hall–Kier alpha value is -3.48. The molecule has 0 N–H and O–H groups in total. The van der Waals surface area contributed by atoms with Gasteiger partial charge in [-0.1, -0.05) is 30.2 Å². The molecule has 1 fully saturated rings. The second-order valence-electron chi connectivity index (χ2n) is 11.7. The minimum absolute atomic E-state index is 0.462. The predicted molar refractivity (Wildman–Crippen MR) is 169 cm³/mol. The molecule has 6 nitrogen and oxygen atoms in total. The van der Waals surface area contributed by atoms with Gasteiger partial charge in [-0.2, -0.15) is 0 Å². The summed E-state index contributed by atoms with van der Waals surface area (Å²) < 4.78 is 7.64. The first-order chi connectivity index (χ1) is 19.7. The lowest BCUT2D eigenvalue weighted by atomic mass is 10.0. The Kier molecular flexibility index (Phi) is 10.4. The topological polar surface area (TPSA) is 50.6 Å². The monoisotopic (exact) mass is 554 g/mol. The number of benzene rings is 3. The number of ether oxygens (including phenoxy) is 1. The molecule has 3 aromatic carbocycles. The summed E-state index contributed by atoms with van der Waals surface area (Å²) in [5, 5.41) is 0. The zero-order valence-electron chi connectivity index (χ0n) is 25.9. The third-order valence-electron chi connectivity index (χ3n) is 8.10. The van der Waals surface area contributed by atoms with Crippen molar-refractivity contribution in [1.29, 1.82) is 0 Å². The van der Waals surface area contributed by atoms with E-state index < -0.39 is 0 Å². The van der Waals surface area contributed by atoms with Crippen molar-refractivity contribution in [2.45, 2.75) is 73.0 Å².